The highest BCUT2D eigenvalue weighted by Crippen LogP contribution is 2.45. The van der Waals surface area contributed by atoms with Gasteiger partial charge < -0.3 is 9.47 Å². The van der Waals surface area contributed by atoms with Crippen molar-refractivity contribution < 1.29 is 19.1 Å². The Morgan fingerprint density at radius 1 is 1.04 bits per heavy atom. The van der Waals surface area contributed by atoms with Crippen molar-refractivity contribution in [1.82, 2.24) is 0 Å². The van der Waals surface area contributed by atoms with Gasteiger partial charge in [0.1, 0.15) is 12.2 Å². The predicted molar refractivity (Wildman–Crippen MR) is 109 cm³/mol. The number of hydrogen-bond donors (Lipinski definition) is 0. The normalized spacial score (nSPS) is 26.1. The van der Waals surface area contributed by atoms with Crippen LogP contribution in [0.5, 0.6) is 0 Å². The van der Waals surface area contributed by atoms with E-state index < -0.39 is 0 Å². The summed E-state index contributed by atoms with van der Waals surface area (Å²) >= 11 is 0. The summed E-state index contributed by atoms with van der Waals surface area (Å²) in [5.41, 5.74) is 0.586. The number of carbonyl (C=O) groups is 2. The lowest BCUT2D eigenvalue weighted by Gasteiger charge is -2.23. The molecule has 1 saturated carbocycles. The third-order valence-electron chi connectivity index (χ3n) is 6.31. The summed E-state index contributed by atoms with van der Waals surface area (Å²) in [5, 5.41) is 0. The van der Waals surface area contributed by atoms with Gasteiger partial charge in [0, 0.05) is 18.3 Å². The molecule has 2 aliphatic rings. The zero-order valence-electron chi connectivity index (χ0n) is 17.1. The van der Waals surface area contributed by atoms with Crippen molar-refractivity contribution >= 4 is 11.9 Å². The Balaban J connectivity index is 1.48. The van der Waals surface area contributed by atoms with Gasteiger partial charge in [-0.1, -0.05) is 76.5 Å². The van der Waals surface area contributed by atoms with E-state index in [-0.39, 0.29) is 36.0 Å². The Bertz CT molecular complexity index is 627. The average molecular weight is 387 g/mol. The lowest BCUT2D eigenvalue weighted by molar-refractivity contribution is -0.141. The first-order valence-electron chi connectivity index (χ1n) is 11.1. The standard InChI is InChI=1S/C24H34O4/c1-2-3-4-5-6-7-8-12-15-19-20-16-23(25)27-22(20)17-21(19)28-24(26)18-13-10-9-11-14-18/h9-11,13-14,19-22H,2-8,12,15-17H2,1H3. The molecule has 1 aliphatic carbocycles. The van der Waals surface area contributed by atoms with E-state index in [0.29, 0.717) is 18.4 Å². The molecule has 0 N–H and O–H groups in total. The largest absolute Gasteiger partial charge is 0.462 e. The maximum absolute atomic E-state index is 12.5. The first-order valence-corrected chi connectivity index (χ1v) is 11.1. The molecule has 1 aromatic rings. The molecular formula is C24H34O4. The minimum Gasteiger partial charge on any atom is -0.462 e. The van der Waals surface area contributed by atoms with Crippen molar-refractivity contribution in [2.45, 2.75) is 89.8 Å². The number of benzene rings is 1. The molecule has 4 nitrogen and oxygen atoms in total. The maximum atomic E-state index is 12.5. The quantitative estimate of drug-likeness (QED) is 0.362. The minimum atomic E-state index is -0.266. The molecule has 0 spiro atoms. The van der Waals surface area contributed by atoms with Crippen LogP contribution >= 0.6 is 0 Å². The van der Waals surface area contributed by atoms with Crippen molar-refractivity contribution in [3.63, 3.8) is 0 Å². The third kappa shape index (κ3) is 5.59. The number of unbranched alkanes of at least 4 members (excludes halogenated alkanes) is 7. The van der Waals surface area contributed by atoms with E-state index >= 15 is 0 Å². The fourth-order valence-corrected chi connectivity index (χ4v) is 4.79. The molecule has 1 saturated heterocycles. The SMILES string of the molecule is CCCCCCCCCCC1C(OC(=O)c2ccccc2)CC2OC(=O)CC21. The lowest BCUT2D eigenvalue weighted by Crippen LogP contribution is -2.26. The number of rotatable bonds is 11. The molecule has 0 radical (unpaired) electrons. The molecule has 3 rings (SSSR count). The van der Waals surface area contributed by atoms with Crippen molar-refractivity contribution in [3.8, 4) is 0 Å². The monoisotopic (exact) mass is 386 g/mol. The topological polar surface area (TPSA) is 52.6 Å². The fourth-order valence-electron chi connectivity index (χ4n) is 4.79. The molecule has 4 heteroatoms. The first kappa shape index (κ1) is 20.9. The van der Waals surface area contributed by atoms with Gasteiger partial charge in [-0.2, -0.15) is 0 Å². The number of ether oxygens (including phenoxy) is 2. The molecule has 4 atom stereocenters. The van der Waals surface area contributed by atoms with E-state index in [9.17, 15) is 9.59 Å². The van der Waals surface area contributed by atoms with Crippen LogP contribution in [-0.4, -0.2) is 24.1 Å². The van der Waals surface area contributed by atoms with Crippen LogP contribution in [0.4, 0.5) is 0 Å². The van der Waals surface area contributed by atoms with E-state index in [4.69, 9.17) is 9.47 Å². The highest BCUT2D eigenvalue weighted by atomic mass is 16.6. The van der Waals surface area contributed by atoms with Crippen molar-refractivity contribution in [2.24, 2.45) is 11.8 Å². The van der Waals surface area contributed by atoms with E-state index in [1.54, 1.807) is 12.1 Å². The van der Waals surface area contributed by atoms with Crippen LogP contribution in [0.3, 0.4) is 0 Å². The molecular weight excluding hydrogens is 352 g/mol. The number of hydrogen-bond acceptors (Lipinski definition) is 4. The van der Waals surface area contributed by atoms with Crippen LogP contribution in [0.1, 0.15) is 87.9 Å². The molecule has 2 fully saturated rings. The Morgan fingerprint density at radius 3 is 2.43 bits per heavy atom. The van der Waals surface area contributed by atoms with Crippen LogP contribution in [0.25, 0.3) is 0 Å². The van der Waals surface area contributed by atoms with Gasteiger partial charge >= 0.3 is 11.9 Å². The summed E-state index contributed by atoms with van der Waals surface area (Å²) in [6.07, 6.45) is 12.2. The summed E-state index contributed by atoms with van der Waals surface area (Å²) < 4.78 is 11.4. The van der Waals surface area contributed by atoms with Gasteiger partial charge in [0.2, 0.25) is 0 Å². The van der Waals surface area contributed by atoms with Gasteiger partial charge in [0.25, 0.3) is 0 Å². The molecule has 28 heavy (non-hydrogen) atoms. The predicted octanol–water partition coefficient (Wildman–Crippen LogP) is 5.69. The minimum absolute atomic E-state index is 0.0693. The highest BCUT2D eigenvalue weighted by Gasteiger charge is 2.51. The number of esters is 2. The summed E-state index contributed by atoms with van der Waals surface area (Å²) in [6.45, 7) is 2.24. The second kappa shape index (κ2) is 10.6. The molecule has 0 amide bonds. The fraction of sp³-hybridized carbons (Fsp3) is 0.667. The van der Waals surface area contributed by atoms with Crippen molar-refractivity contribution in [3.05, 3.63) is 35.9 Å². The van der Waals surface area contributed by atoms with Crippen molar-refractivity contribution in [1.29, 1.82) is 0 Å². The van der Waals surface area contributed by atoms with Gasteiger partial charge in [-0.15, -0.1) is 0 Å². The molecule has 1 aliphatic heterocycles. The van der Waals surface area contributed by atoms with Crippen molar-refractivity contribution in [2.75, 3.05) is 0 Å². The van der Waals surface area contributed by atoms with Gasteiger partial charge in [-0.05, 0) is 18.6 Å². The van der Waals surface area contributed by atoms with Gasteiger partial charge in [0.05, 0.1) is 12.0 Å². The Labute approximate surface area is 169 Å². The molecule has 154 valence electrons. The van der Waals surface area contributed by atoms with Gasteiger partial charge in [0.15, 0.2) is 0 Å². The molecule has 1 aromatic carbocycles. The summed E-state index contributed by atoms with van der Waals surface area (Å²) in [4.78, 5) is 24.2. The second-order valence-electron chi connectivity index (χ2n) is 8.37. The van der Waals surface area contributed by atoms with Gasteiger partial charge in [-0.3, -0.25) is 4.79 Å². The summed E-state index contributed by atoms with van der Waals surface area (Å²) in [5.74, 6) is 0.0939. The third-order valence-corrected chi connectivity index (χ3v) is 6.31. The van der Waals surface area contributed by atoms with Gasteiger partial charge in [-0.25, -0.2) is 4.79 Å². The molecule has 4 unspecified atom stereocenters. The smallest absolute Gasteiger partial charge is 0.338 e. The first-order chi connectivity index (χ1) is 13.7. The van der Waals surface area contributed by atoms with Crippen LogP contribution in [0.2, 0.25) is 0 Å². The van der Waals surface area contributed by atoms with Crippen LogP contribution in [0.15, 0.2) is 30.3 Å². The second-order valence-corrected chi connectivity index (χ2v) is 8.37. The lowest BCUT2D eigenvalue weighted by atomic mass is 9.87. The van der Waals surface area contributed by atoms with E-state index in [0.717, 1.165) is 12.8 Å². The maximum Gasteiger partial charge on any atom is 0.338 e. The Kier molecular flexibility index (Phi) is 7.93. The number of carbonyl (C=O) groups excluding carboxylic acids is 2. The van der Waals surface area contributed by atoms with E-state index in [1.165, 1.54) is 44.9 Å². The molecule has 0 aromatic heterocycles. The number of fused-ring (bicyclic) bond motifs is 1. The Morgan fingerprint density at radius 2 is 1.71 bits per heavy atom. The average Bonchev–Trinajstić information content (AvgIpc) is 3.20. The van der Waals surface area contributed by atoms with Crippen LogP contribution in [0, 0.1) is 11.8 Å². The molecule has 0 bridgehead atoms. The van der Waals surface area contributed by atoms with E-state index in [2.05, 4.69) is 6.92 Å². The highest BCUT2D eigenvalue weighted by molar-refractivity contribution is 5.89. The zero-order valence-corrected chi connectivity index (χ0v) is 17.1. The Hall–Kier alpha value is -1.84. The van der Waals surface area contributed by atoms with Crippen LogP contribution in [-0.2, 0) is 14.3 Å². The van der Waals surface area contributed by atoms with Crippen LogP contribution < -0.4 is 0 Å². The summed E-state index contributed by atoms with van der Waals surface area (Å²) in [7, 11) is 0. The molecule has 1 heterocycles. The zero-order chi connectivity index (χ0) is 19.8. The summed E-state index contributed by atoms with van der Waals surface area (Å²) in [6, 6.07) is 9.15. The van der Waals surface area contributed by atoms with E-state index in [1.807, 2.05) is 18.2 Å².